The molecule has 0 fully saturated rings. The summed E-state index contributed by atoms with van der Waals surface area (Å²) in [6.07, 6.45) is 0.878. The highest BCUT2D eigenvalue weighted by molar-refractivity contribution is 5.63. The molecule has 0 saturated heterocycles. The zero-order valence-electron chi connectivity index (χ0n) is 9.04. The number of rotatable bonds is 3. The number of anilines is 2. The first-order chi connectivity index (χ1) is 6.61. The molecule has 1 aromatic rings. The highest BCUT2D eigenvalue weighted by Crippen LogP contribution is 2.27. The Hall–Kier alpha value is -1.22. The van der Waals surface area contributed by atoms with Crippen LogP contribution in [0.3, 0.4) is 0 Å². The Bertz CT molecular complexity index is 323. The molecular formula is C11H18N2O. The van der Waals surface area contributed by atoms with Crippen LogP contribution in [0.4, 0.5) is 11.4 Å². The third kappa shape index (κ3) is 1.82. The van der Waals surface area contributed by atoms with Crippen molar-refractivity contribution in [3.05, 3.63) is 23.3 Å². The summed E-state index contributed by atoms with van der Waals surface area (Å²) in [4.78, 5) is 0. The number of hydrogen-bond acceptors (Lipinski definition) is 3. The largest absolute Gasteiger partial charge is 0.399 e. The molecule has 0 heterocycles. The maximum atomic E-state index is 9.65. The number of nitrogen functional groups attached to an aromatic ring is 1. The van der Waals surface area contributed by atoms with Crippen molar-refractivity contribution in [3.63, 3.8) is 0 Å². The molecule has 0 bridgehead atoms. The SMILES string of the molecule is CCc1c(N(O)CC)ccc(N)c1C. The quantitative estimate of drug-likeness (QED) is 0.573. The number of benzene rings is 1. The van der Waals surface area contributed by atoms with E-state index in [0.29, 0.717) is 6.54 Å². The van der Waals surface area contributed by atoms with Gasteiger partial charge in [-0.25, -0.2) is 0 Å². The Labute approximate surface area is 85.1 Å². The molecule has 3 nitrogen and oxygen atoms in total. The molecule has 0 aromatic heterocycles. The van der Waals surface area contributed by atoms with E-state index in [1.54, 1.807) is 0 Å². The lowest BCUT2D eigenvalue weighted by Gasteiger charge is -2.20. The van der Waals surface area contributed by atoms with Crippen LogP contribution < -0.4 is 10.8 Å². The Balaban J connectivity index is 3.23. The van der Waals surface area contributed by atoms with Gasteiger partial charge in [0, 0.05) is 12.2 Å². The van der Waals surface area contributed by atoms with Crippen LogP contribution in [0.1, 0.15) is 25.0 Å². The molecule has 0 aliphatic rings. The molecule has 0 aliphatic carbocycles. The van der Waals surface area contributed by atoms with E-state index >= 15 is 0 Å². The molecule has 78 valence electrons. The fraction of sp³-hybridized carbons (Fsp3) is 0.455. The summed E-state index contributed by atoms with van der Waals surface area (Å²) in [5.41, 5.74) is 9.64. The van der Waals surface area contributed by atoms with E-state index < -0.39 is 0 Å². The van der Waals surface area contributed by atoms with E-state index in [0.717, 1.165) is 28.9 Å². The fourth-order valence-electron chi connectivity index (χ4n) is 1.62. The normalized spacial score (nSPS) is 10.3. The molecule has 3 heteroatoms. The van der Waals surface area contributed by atoms with Crippen LogP contribution in [-0.4, -0.2) is 11.8 Å². The van der Waals surface area contributed by atoms with Crippen molar-refractivity contribution in [1.29, 1.82) is 0 Å². The van der Waals surface area contributed by atoms with Gasteiger partial charge in [0.05, 0.1) is 5.69 Å². The van der Waals surface area contributed by atoms with Gasteiger partial charge in [-0.05, 0) is 43.5 Å². The van der Waals surface area contributed by atoms with Crippen molar-refractivity contribution in [1.82, 2.24) is 0 Å². The van der Waals surface area contributed by atoms with Crippen molar-refractivity contribution in [2.24, 2.45) is 0 Å². The summed E-state index contributed by atoms with van der Waals surface area (Å²) in [5.74, 6) is 0. The van der Waals surface area contributed by atoms with Gasteiger partial charge in [0.2, 0.25) is 0 Å². The van der Waals surface area contributed by atoms with Crippen LogP contribution in [0.2, 0.25) is 0 Å². The van der Waals surface area contributed by atoms with E-state index in [2.05, 4.69) is 6.92 Å². The molecule has 3 N–H and O–H groups in total. The predicted octanol–water partition coefficient (Wildman–Crippen LogP) is 2.36. The number of nitrogens with two attached hydrogens (primary N) is 1. The lowest BCUT2D eigenvalue weighted by atomic mass is 10.0. The molecule has 0 spiro atoms. The Morgan fingerprint density at radius 1 is 1.36 bits per heavy atom. The topological polar surface area (TPSA) is 49.5 Å². The second kappa shape index (κ2) is 4.33. The van der Waals surface area contributed by atoms with E-state index in [9.17, 15) is 5.21 Å². The van der Waals surface area contributed by atoms with E-state index in [1.165, 1.54) is 5.06 Å². The van der Waals surface area contributed by atoms with Crippen molar-refractivity contribution in [2.45, 2.75) is 27.2 Å². The molecule has 0 saturated carbocycles. The van der Waals surface area contributed by atoms with Gasteiger partial charge in [0.25, 0.3) is 0 Å². The van der Waals surface area contributed by atoms with Crippen molar-refractivity contribution in [2.75, 3.05) is 17.3 Å². The zero-order chi connectivity index (χ0) is 10.7. The standard InChI is InChI=1S/C11H18N2O/c1-4-9-8(3)10(12)6-7-11(9)13(14)5-2/h6-7,14H,4-5,12H2,1-3H3. The van der Waals surface area contributed by atoms with Gasteiger partial charge < -0.3 is 5.73 Å². The number of hydroxylamine groups is 1. The Morgan fingerprint density at radius 2 is 2.00 bits per heavy atom. The highest BCUT2D eigenvalue weighted by Gasteiger charge is 2.10. The van der Waals surface area contributed by atoms with Crippen molar-refractivity contribution < 1.29 is 5.21 Å². The molecule has 1 rings (SSSR count). The summed E-state index contributed by atoms with van der Waals surface area (Å²) in [5, 5.41) is 10.9. The van der Waals surface area contributed by atoms with Crippen LogP contribution >= 0.6 is 0 Å². The third-order valence-electron chi connectivity index (χ3n) is 2.55. The van der Waals surface area contributed by atoms with Crippen LogP contribution in [0, 0.1) is 6.92 Å². The summed E-state index contributed by atoms with van der Waals surface area (Å²) in [6, 6.07) is 3.70. The Kier molecular flexibility index (Phi) is 3.36. The minimum Gasteiger partial charge on any atom is -0.399 e. The van der Waals surface area contributed by atoms with Gasteiger partial charge in [-0.2, -0.15) is 0 Å². The van der Waals surface area contributed by atoms with Gasteiger partial charge in [0.15, 0.2) is 0 Å². The maximum absolute atomic E-state index is 9.65. The molecular weight excluding hydrogens is 176 g/mol. The second-order valence-corrected chi connectivity index (χ2v) is 3.35. The summed E-state index contributed by atoms with van der Waals surface area (Å²) in [7, 11) is 0. The average Bonchev–Trinajstić information content (AvgIpc) is 2.20. The first-order valence-corrected chi connectivity index (χ1v) is 4.96. The third-order valence-corrected chi connectivity index (χ3v) is 2.55. The molecule has 1 aromatic carbocycles. The fourth-order valence-corrected chi connectivity index (χ4v) is 1.62. The Morgan fingerprint density at radius 3 is 2.50 bits per heavy atom. The maximum Gasteiger partial charge on any atom is 0.0669 e. The van der Waals surface area contributed by atoms with Gasteiger partial charge in [-0.3, -0.25) is 10.3 Å². The van der Waals surface area contributed by atoms with Crippen LogP contribution in [0.5, 0.6) is 0 Å². The van der Waals surface area contributed by atoms with E-state index in [1.807, 2.05) is 26.0 Å². The van der Waals surface area contributed by atoms with Gasteiger partial charge in [0.1, 0.15) is 0 Å². The van der Waals surface area contributed by atoms with Gasteiger partial charge in [-0.1, -0.05) is 6.92 Å². The summed E-state index contributed by atoms with van der Waals surface area (Å²) in [6.45, 7) is 6.54. The number of nitrogens with zero attached hydrogens (tertiary/aromatic N) is 1. The minimum atomic E-state index is 0.580. The molecule has 0 atom stereocenters. The van der Waals surface area contributed by atoms with E-state index in [4.69, 9.17) is 5.73 Å². The molecule has 0 unspecified atom stereocenters. The van der Waals surface area contributed by atoms with Gasteiger partial charge >= 0.3 is 0 Å². The lowest BCUT2D eigenvalue weighted by molar-refractivity contribution is 0.259. The predicted molar refractivity (Wildman–Crippen MR) is 59.8 cm³/mol. The summed E-state index contributed by atoms with van der Waals surface area (Å²) >= 11 is 0. The lowest BCUT2D eigenvalue weighted by Crippen LogP contribution is -2.19. The molecule has 14 heavy (non-hydrogen) atoms. The highest BCUT2D eigenvalue weighted by atomic mass is 16.5. The molecule has 0 aliphatic heterocycles. The first-order valence-electron chi connectivity index (χ1n) is 4.96. The zero-order valence-corrected chi connectivity index (χ0v) is 9.04. The smallest absolute Gasteiger partial charge is 0.0669 e. The van der Waals surface area contributed by atoms with Crippen molar-refractivity contribution >= 4 is 11.4 Å². The minimum absolute atomic E-state index is 0.580. The molecule has 0 amide bonds. The first kappa shape index (κ1) is 10.9. The van der Waals surface area contributed by atoms with Gasteiger partial charge in [-0.15, -0.1) is 0 Å². The van der Waals surface area contributed by atoms with E-state index in [-0.39, 0.29) is 0 Å². The monoisotopic (exact) mass is 194 g/mol. The number of hydrogen-bond donors (Lipinski definition) is 2. The van der Waals surface area contributed by atoms with Crippen molar-refractivity contribution in [3.8, 4) is 0 Å². The average molecular weight is 194 g/mol. The second-order valence-electron chi connectivity index (χ2n) is 3.35. The van der Waals surface area contributed by atoms with Crippen LogP contribution in [0.15, 0.2) is 12.1 Å². The van der Waals surface area contributed by atoms with Crippen LogP contribution in [-0.2, 0) is 6.42 Å². The molecule has 0 radical (unpaired) electrons. The summed E-state index contributed by atoms with van der Waals surface area (Å²) < 4.78 is 0. The van der Waals surface area contributed by atoms with Crippen LogP contribution in [0.25, 0.3) is 0 Å².